The molecule has 1 aliphatic rings. The van der Waals surface area contributed by atoms with E-state index in [1.54, 1.807) is 6.07 Å². The van der Waals surface area contributed by atoms with Crippen molar-refractivity contribution < 1.29 is 4.79 Å². The van der Waals surface area contributed by atoms with Crippen LogP contribution in [0.3, 0.4) is 0 Å². The molecule has 1 fully saturated rings. The number of primary amides is 1. The minimum atomic E-state index is -0.393. The van der Waals surface area contributed by atoms with E-state index in [4.69, 9.17) is 5.73 Å². The number of thioether (sulfide) groups is 1. The van der Waals surface area contributed by atoms with Crippen LogP contribution >= 0.6 is 27.7 Å². The summed E-state index contributed by atoms with van der Waals surface area (Å²) in [5, 5.41) is 2.47. The Balaban J connectivity index is 2.10. The van der Waals surface area contributed by atoms with E-state index in [-0.39, 0.29) is 0 Å². The van der Waals surface area contributed by atoms with Crippen molar-refractivity contribution >= 4 is 44.5 Å². The molecule has 5 heteroatoms. The van der Waals surface area contributed by atoms with Gasteiger partial charge in [-0.3, -0.25) is 4.79 Å². The molecule has 0 spiro atoms. The first-order valence-corrected chi connectivity index (χ1v) is 8.95. The molecule has 3 N–H and O–H groups in total. The van der Waals surface area contributed by atoms with Crippen molar-refractivity contribution in [2.45, 2.75) is 43.1 Å². The zero-order valence-corrected chi connectivity index (χ0v) is 14.6. The van der Waals surface area contributed by atoms with Crippen LogP contribution in [0.15, 0.2) is 22.8 Å². The Kier molecular flexibility index (Phi) is 4.06. The van der Waals surface area contributed by atoms with Crippen LogP contribution in [-0.4, -0.2) is 21.4 Å². The number of fused-ring (bicyclic) bond motifs is 1. The molecule has 2 unspecified atom stereocenters. The first kappa shape index (κ1) is 15.0. The molecule has 1 aliphatic heterocycles. The average molecular weight is 367 g/mol. The minimum Gasteiger partial charge on any atom is -0.366 e. The standard InChI is InChI=1S/C16H19BrN2OS/c1-8-3-10(4-9(2)21-8)14-7-19-15-12(14)5-11(17)6-13(15)16(18)20/h5-10,19H,3-4H2,1-2H3,(H2,18,20). The van der Waals surface area contributed by atoms with Gasteiger partial charge in [0.2, 0.25) is 0 Å². The molecular weight excluding hydrogens is 348 g/mol. The number of amides is 1. The summed E-state index contributed by atoms with van der Waals surface area (Å²) < 4.78 is 0.899. The number of nitrogens with two attached hydrogens (primary N) is 1. The molecule has 1 aromatic heterocycles. The number of carbonyl (C=O) groups excluding carboxylic acids is 1. The third kappa shape index (κ3) is 2.86. The largest absolute Gasteiger partial charge is 0.366 e. The van der Waals surface area contributed by atoms with E-state index in [1.165, 1.54) is 18.4 Å². The molecule has 0 bridgehead atoms. The van der Waals surface area contributed by atoms with Crippen molar-refractivity contribution in [1.29, 1.82) is 0 Å². The maximum atomic E-state index is 11.6. The number of hydrogen-bond donors (Lipinski definition) is 2. The van der Waals surface area contributed by atoms with Gasteiger partial charge in [0, 0.05) is 26.6 Å². The molecule has 2 aromatic rings. The highest BCUT2D eigenvalue weighted by Gasteiger charge is 2.27. The fraction of sp³-hybridized carbons (Fsp3) is 0.438. The van der Waals surface area contributed by atoms with E-state index < -0.39 is 5.91 Å². The van der Waals surface area contributed by atoms with Crippen LogP contribution in [0.25, 0.3) is 10.9 Å². The van der Waals surface area contributed by atoms with Crippen LogP contribution in [0.1, 0.15) is 48.5 Å². The van der Waals surface area contributed by atoms with Gasteiger partial charge in [0.25, 0.3) is 5.91 Å². The molecule has 0 radical (unpaired) electrons. The summed E-state index contributed by atoms with van der Waals surface area (Å²) in [5.41, 5.74) is 8.22. The van der Waals surface area contributed by atoms with Gasteiger partial charge in [0.15, 0.2) is 0 Å². The number of aromatic nitrogens is 1. The van der Waals surface area contributed by atoms with Gasteiger partial charge in [0.1, 0.15) is 0 Å². The third-order valence-corrected chi connectivity index (χ3v) is 5.96. The summed E-state index contributed by atoms with van der Waals surface area (Å²) in [7, 11) is 0. The Morgan fingerprint density at radius 1 is 1.33 bits per heavy atom. The maximum absolute atomic E-state index is 11.6. The lowest BCUT2D eigenvalue weighted by molar-refractivity contribution is 0.100. The normalized spacial score (nSPS) is 26.1. The lowest BCUT2D eigenvalue weighted by atomic mass is 9.89. The second kappa shape index (κ2) is 5.69. The number of H-pyrrole nitrogens is 1. The van der Waals surface area contributed by atoms with Crippen LogP contribution in [0.2, 0.25) is 0 Å². The number of hydrogen-bond acceptors (Lipinski definition) is 2. The number of rotatable bonds is 2. The van der Waals surface area contributed by atoms with E-state index in [2.05, 4.69) is 58.8 Å². The van der Waals surface area contributed by atoms with Crippen LogP contribution in [-0.2, 0) is 0 Å². The maximum Gasteiger partial charge on any atom is 0.250 e. The second-order valence-electron chi connectivity index (χ2n) is 5.91. The first-order chi connectivity index (χ1) is 9.95. The summed E-state index contributed by atoms with van der Waals surface area (Å²) in [4.78, 5) is 14.9. The summed E-state index contributed by atoms with van der Waals surface area (Å²) in [6.07, 6.45) is 4.42. The van der Waals surface area contributed by atoms with Crippen LogP contribution in [0.4, 0.5) is 0 Å². The molecule has 0 aliphatic carbocycles. The van der Waals surface area contributed by atoms with Crippen molar-refractivity contribution in [2.24, 2.45) is 5.73 Å². The van der Waals surface area contributed by atoms with E-state index in [0.717, 1.165) is 15.4 Å². The lowest BCUT2D eigenvalue weighted by Crippen LogP contribution is -2.19. The highest BCUT2D eigenvalue weighted by molar-refractivity contribution is 9.10. The Labute approximate surface area is 137 Å². The summed E-state index contributed by atoms with van der Waals surface area (Å²) >= 11 is 5.56. The van der Waals surface area contributed by atoms with Gasteiger partial charge in [0.05, 0.1) is 11.1 Å². The predicted octanol–water partition coefficient (Wildman–Crippen LogP) is 4.42. The van der Waals surface area contributed by atoms with E-state index >= 15 is 0 Å². The number of aromatic amines is 1. The highest BCUT2D eigenvalue weighted by atomic mass is 79.9. The molecule has 112 valence electrons. The quantitative estimate of drug-likeness (QED) is 0.826. The van der Waals surface area contributed by atoms with Gasteiger partial charge in [-0.1, -0.05) is 29.8 Å². The van der Waals surface area contributed by atoms with Gasteiger partial charge in [-0.2, -0.15) is 11.8 Å². The van der Waals surface area contributed by atoms with Crippen molar-refractivity contribution in [3.05, 3.63) is 33.9 Å². The van der Waals surface area contributed by atoms with E-state index in [9.17, 15) is 4.79 Å². The fourth-order valence-electron chi connectivity index (χ4n) is 3.41. The number of benzene rings is 1. The average Bonchev–Trinajstić information content (AvgIpc) is 2.79. The third-order valence-electron chi connectivity index (χ3n) is 4.19. The zero-order valence-electron chi connectivity index (χ0n) is 12.2. The molecule has 1 aromatic carbocycles. The summed E-state index contributed by atoms with van der Waals surface area (Å²) in [5.74, 6) is 0.149. The van der Waals surface area contributed by atoms with Crippen molar-refractivity contribution in [1.82, 2.24) is 4.98 Å². The molecule has 0 saturated carbocycles. The van der Waals surface area contributed by atoms with Gasteiger partial charge in [-0.25, -0.2) is 0 Å². The Bertz CT molecular complexity index is 687. The van der Waals surface area contributed by atoms with Crippen molar-refractivity contribution in [3.63, 3.8) is 0 Å². The molecule has 1 saturated heterocycles. The molecule has 21 heavy (non-hydrogen) atoms. The van der Waals surface area contributed by atoms with Gasteiger partial charge >= 0.3 is 0 Å². The van der Waals surface area contributed by atoms with Crippen LogP contribution in [0.5, 0.6) is 0 Å². The van der Waals surface area contributed by atoms with Gasteiger partial charge in [-0.05, 0) is 36.5 Å². The molecule has 3 nitrogen and oxygen atoms in total. The zero-order chi connectivity index (χ0) is 15.1. The Morgan fingerprint density at radius 3 is 2.62 bits per heavy atom. The Hall–Kier alpha value is -0.940. The lowest BCUT2D eigenvalue weighted by Gasteiger charge is -2.31. The first-order valence-electron chi connectivity index (χ1n) is 7.21. The number of carbonyl (C=O) groups is 1. The number of halogens is 1. The Morgan fingerprint density at radius 2 is 2.00 bits per heavy atom. The molecule has 2 heterocycles. The molecular formula is C16H19BrN2OS. The fourth-order valence-corrected chi connectivity index (χ4v) is 5.35. The molecule has 1 amide bonds. The second-order valence-corrected chi connectivity index (χ2v) is 8.71. The SMILES string of the molecule is CC1CC(c2c[nH]c3c(C(N)=O)cc(Br)cc23)CC(C)S1. The van der Waals surface area contributed by atoms with Crippen molar-refractivity contribution in [3.8, 4) is 0 Å². The van der Waals surface area contributed by atoms with Gasteiger partial charge in [-0.15, -0.1) is 0 Å². The topological polar surface area (TPSA) is 58.9 Å². The summed E-state index contributed by atoms with van der Waals surface area (Å²) in [6.45, 7) is 4.60. The monoisotopic (exact) mass is 366 g/mol. The van der Waals surface area contributed by atoms with E-state index in [1.807, 2.05) is 0 Å². The highest BCUT2D eigenvalue weighted by Crippen LogP contribution is 2.43. The van der Waals surface area contributed by atoms with E-state index in [0.29, 0.717) is 22.0 Å². The van der Waals surface area contributed by atoms with Gasteiger partial charge < -0.3 is 10.7 Å². The molecule has 2 atom stereocenters. The molecule has 3 rings (SSSR count). The summed E-state index contributed by atoms with van der Waals surface area (Å²) in [6, 6.07) is 3.87. The van der Waals surface area contributed by atoms with Crippen LogP contribution in [0, 0.1) is 0 Å². The minimum absolute atomic E-state index is 0.393. The smallest absolute Gasteiger partial charge is 0.250 e. The predicted molar refractivity (Wildman–Crippen MR) is 93.0 cm³/mol. The van der Waals surface area contributed by atoms with Crippen molar-refractivity contribution in [2.75, 3.05) is 0 Å². The van der Waals surface area contributed by atoms with Crippen LogP contribution < -0.4 is 5.73 Å². The number of nitrogens with one attached hydrogen (secondary N) is 1.